The van der Waals surface area contributed by atoms with Crippen LogP contribution in [0.5, 0.6) is 0 Å². The molecule has 0 bridgehead atoms. The van der Waals surface area contributed by atoms with E-state index in [1.54, 1.807) is 18.6 Å². The minimum absolute atomic E-state index is 0.0330. The largest absolute Gasteiger partial charge is 0.370 e. The Bertz CT molecular complexity index is 349. The van der Waals surface area contributed by atoms with Crippen LogP contribution in [0.4, 0.5) is 0 Å². The Hall–Kier alpha value is -1.84. The maximum Gasteiger partial charge on any atom is 0.185 e. The number of hydrogen-bond acceptors (Lipinski definition) is 2. The van der Waals surface area contributed by atoms with Gasteiger partial charge in [-0.05, 0) is 12.8 Å². The van der Waals surface area contributed by atoms with Crippen LogP contribution in [-0.2, 0) is 0 Å². The number of unbranched alkanes of at least 4 members (excludes halogenated alkanes) is 1. The summed E-state index contributed by atoms with van der Waals surface area (Å²) in [6.45, 7) is 0.619. The number of guanidine groups is 1. The summed E-state index contributed by atoms with van der Waals surface area (Å²) in [4.78, 5) is 11.6. The lowest BCUT2D eigenvalue weighted by molar-refractivity contribution is 0.102. The Balaban J connectivity index is 2.19. The van der Waals surface area contributed by atoms with Crippen molar-refractivity contribution in [3.05, 3.63) is 42.3 Å². The fourth-order valence-corrected chi connectivity index (χ4v) is 1.28. The van der Waals surface area contributed by atoms with Crippen molar-refractivity contribution in [1.82, 2.24) is 5.32 Å². The molecule has 16 heavy (non-hydrogen) atoms. The highest BCUT2D eigenvalue weighted by atomic mass is 16.1. The predicted octanol–water partition coefficient (Wildman–Crippen LogP) is 1.34. The van der Waals surface area contributed by atoms with E-state index in [0.717, 1.165) is 6.42 Å². The van der Waals surface area contributed by atoms with Crippen LogP contribution >= 0.6 is 0 Å². The van der Waals surface area contributed by atoms with Gasteiger partial charge >= 0.3 is 0 Å². The highest BCUT2D eigenvalue weighted by Gasteiger charge is 2.04. The van der Waals surface area contributed by atoms with E-state index in [2.05, 4.69) is 5.32 Å². The van der Waals surface area contributed by atoms with Crippen LogP contribution in [0.2, 0.25) is 0 Å². The fourth-order valence-electron chi connectivity index (χ4n) is 1.28. The third-order valence-corrected chi connectivity index (χ3v) is 2.08. The first kappa shape index (κ1) is 12.2. The van der Waals surface area contributed by atoms with E-state index in [1.165, 1.54) is 0 Å². The second-order valence-corrected chi connectivity index (χ2v) is 3.42. The van der Waals surface area contributed by atoms with E-state index in [-0.39, 0.29) is 11.7 Å². The molecule has 4 heteroatoms. The van der Waals surface area contributed by atoms with Crippen LogP contribution < -0.4 is 11.1 Å². The quantitative estimate of drug-likeness (QED) is 0.292. The molecule has 0 fully saturated rings. The van der Waals surface area contributed by atoms with Crippen LogP contribution in [0.1, 0.15) is 23.2 Å². The third-order valence-electron chi connectivity index (χ3n) is 2.08. The van der Waals surface area contributed by atoms with E-state index < -0.39 is 0 Å². The second-order valence-electron chi connectivity index (χ2n) is 3.42. The SMILES string of the molecule is N=C(N)NCCC[CH]C(=O)c1ccccc1. The molecule has 85 valence electrons. The first-order valence-electron chi connectivity index (χ1n) is 5.20. The molecule has 4 nitrogen and oxygen atoms in total. The first-order valence-corrected chi connectivity index (χ1v) is 5.20. The molecule has 1 aromatic carbocycles. The molecule has 1 aromatic rings. The maximum absolute atomic E-state index is 11.6. The number of hydrogen-bond donors (Lipinski definition) is 3. The average molecular weight is 218 g/mol. The molecule has 0 atom stereocenters. The number of benzene rings is 1. The molecule has 0 saturated heterocycles. The molecule has 0 saturated carbocycles. The van der Waals surface area contributed by atoms with Gasteiger partial charge in [-0.1, -0.05) is 30.3 Å². The van der Waals surface area contributed by atoms with Gasteiger partial charge in [-0.3, -0.25) is 10.2 Å². The summed E-state index contributed by atoms with van der Waals surface area (Å²) in [5.74, 6) is 0.0119. The van der Waals surface area contributed by atoms with E-state index >= 15 is 0 Å². The Morgan fingerprint density at radius 1 is 1.38 bits per heavy atom. The van der Waals surface area contributed by atoms with E-state index in [1.807, 2.05) is 18.2 Å². The Morgan fingerprint density at radius 3 is 2.69 bits per heavy atom. The van der Waals surface area contributed by atoms with Crippen molar-refractivity contribution >= 4 is 11.7 Å². The zero-order chi connectivity index (χ0) is 11.8. The smallest absolute Gasteiger partial charge is 0.185 e. The Morgan fingerprint density at radius 2 is 2.06 bits per heavy atom. The van der Waals surface area contributed by atoms with Crippen LogP contribution in [0.25, 0.3) is 0 Å². The van der Waals surface area contributed by atoms with Crippen molar-refractivity contribution < 1.29 is 4.79 Å². The standard InChI is InChI=1S/C12H16N3O/c13-12(14)15-9-5-4-8-11(16)10-6-2-1-3-7-10/h1-3,6-8H,4-5,9H2,(H4,13,14,15). The summed E-state index contributed by atoms with van der Waals surface area (Å²) in [7, 11) is 0. The van der Waals surface area contributed by atoms with Crippen molar-refractivity contribution in [3.63, 3.8) is 0 Å². The monoisotopic (exact) mass is 218 g/mol. The number of ketones is 1. The first-order chi connectivity index (χ1) is 7.70. The zero-order valence-electron chi connectivity index (χ0n) is 9.07. The summed E-state index contributed by atoms with van der Waals surface area (Å²) in [5.41, 5.74) is 5.83. The predicted molar refractivity (Wildman–Crippen MR) is 64.2 cm³/mol. The van der Waals surface area contributed by atoms with Crippen molar-refractivity contribution in [3.8, 4) is 0 Å². The number of nitrogens with one attached hydrogen (secondary N) is 2. The normalized spacial score (nSPS) is 9.75. The van der Waals surface area contributed by atoms with Gasteiger partial charge in [0.2, 0.25) is 0 Å². The minimum atomic E-state index is -0.0330. The van der Waals surface area contributed by atoms with Crippen LogP contribution in [0.3, 0.4) is 0 Å². The lowest BCUT2D eigenvalue weighted by Crippen LogP contribution is -2.30. The van der Waals surface area contributed by atoms with E-state index in [4.69, 9.17) is 11.1 Å². The minimum Gasteiger partial charge on any atom is -0.370 e. The number of nitrogens with two attached hydrogens (primary N) is 1. The van der Waals surface area contributed by atoms with Crippen molar-refractivity contribution in [2.75, 3.05) is 6.54 Å². The fraction of sp³-hybridized carbons (Fsp3) is 0.250. The molecule has 0 aromatic heterocycles. The average Bonchev–Trinajstić information content (AvgIpc) is 2.29. The van der Waals surface area contributed by atoms with Gasteiger partial charge in [0.1, 0.15) is 0 Å². The highest BCUT2D eigenvalue weighted by Crippen LogP contribution is 2.05. The summed E-state index contributed by atoms with van der Waals surface area (Å²) in [6, 6.07) is 9.17. The van der Waals surface area contributed by atoms with Crippen LogP contribution in [-0.4, -0.2) is 18.3 Å². The van der Waals surface area contributed by atoms with Crippen LogP contribution in [0.15, 0.2) is 30.3 Å². The van der Waals surface area contributed by atoms with Gasteiger partial charge in [0.15, 0.2) is 11.7 Å². The molecule has 0 aliphatic rings. The summed E-state index contributed by atoms with van der Waals surface area (Å²) in [6.07, 6.45) is 3.14. The molecule has 0 unspecified atom stereocenters. The molecule has 0 amide bonds. The Labute approximate surface area is 95.4 Å². The molecule has 0 spiro atoms. The van der Waals surface area contributed by atoms with Gasteiger partial charge in [-0.2, -0.15) is 0 Å². The molecule has 0 heterocycles. The molecule has 0 aliphatic carbocycles. The molecular formula is C12H16N3O. The maximum atomic E-state index is 11.6. The van der Waals surface area contributed by atoms with Crippen molar-refractivity contribution in [2.45, 2.75) is 12.8 Å². The topological polar surface area (TPSA) is 79.0 Å². The van der Waals surface area contributed by atoms with E-state index in [9.17, 15) is 4.79 Å². The van der Waals surface area contributed by atoms with Gasteiger partial charge in [-0.15, -0.1) is 0 Å². The second kappa shape index (κ2) is 6.61. The summed E-state index contributed by atoms with van der Waals surface area (Å²) >= 11 is 0. The highest BCUT2D eigenvalue weighted by molar-refractivity contribution is 6.02. The molecule has 1 rings (SSSR count). The molecular weight excluding hydrogens is 202 g/mol. The number of Topliss-reactive ketones (excluding diaryl/α,β-unsaturated/α-hetero) is 1. The van der Waals surface area contributed by atoms with Gasteiger partial charge in [0.05, 0.1) is 0 Å². The lowest BCUT2D eigenvalue weighted by Gasteiger charge is -2.03. The summed E-state index contributed by atoms with van der Waals surface area (Å²) in [5, 5.41) is 9.63. The van der Waals surface area contributed by atoms with E-state index in [0.29, 0.717) is 18.5 Å². The molecule has 0 aliphatic heterocycles. The van der Waals surface area contributed by atoms with Gasteiger partial charge in [0, 0.05) is 18.5 Å². The zero-order valence-corrected chi connectivity index (χ0v) is 9.07. The van der Waals surface area contributed by atoms with Gasteiger partial charge in [-0.25, -0.2) is 0 Å². The van der Waals surface area contributed by atoms with Gasteiger partial charge < -0.3 is 11.1 Å². The lowest BCUT2D eigenvalue weighted by atomic mass is 10.1. The third kappa shape index (κ3) is 4.59. The van der Waals surface area contributed by atoms with Gasteiger partial charge in [0.25, 0.3) is 0 Å². The van der Waals surface area contributed by atoms with Crippen molar-refractivity contribution in [1.29, 1.82) is 5.41 Å². The summed E-state index contributed by atoms with van der Waals surface area (Å²) < 4.78 is 0. The van der Waals surface area contributed by atoms with Crippen molar-refractivity contribution in [2.24, 2.45) is 5.73 Å². The molecule has 4 N–H and O–H groups in total. The van der Waals surface area contributed by atoms with Crippen LogP contribution in [0, 0.1) is 11.8 Å². The molecule has 1 radical (unpaired) electrons. The number of carbonyl (C=O) groups excluding carboxylic acids is 1. The Kier molecular flexibility index (Phi) is 5.05. The number of carbonyl (C=O) groups is 1. The number of rotatable bonds is 6.